The standard InChI is InChI=1S/C14H19N3O2S/c1-4-10-6-7-11(20-10)8-19-14(18)13-12(15)9(3)16-17(13)5-2/h6-7H,4-5,8,15H2,1-3H3. The summed E-state index contributed by atoms with van der Waals surface area (Å²) in [4.78, 5) is 14.5. The molecule has 0 amide bonds. The van der Waals surface area contributed by atoms with Gasteiger partial charge in [-0.3, -0.25) is 4.68 Å². The number of nitrogen functional groups attached to an aromatic ring is 1. The molecule has 0 fully saturated rings. The number of aryl methyl sites for hydroxylation is 3. The SMILES string of the molecule is CCc1ccc(COC(=O)c2c(N)c(C)nn2CC)s1. The van der Waals surface area contributed by atoms with E-state index in [2.05, 4.69) is 18.1 Å². The maximum Gasteiger partial charge on any atom is 0.359 e. The minimum absolute atomic E-state index is 0.275. The molecule has 0 aromatic carbocycles. The number of nitrogens with two attached hydrogens (primary N) is 1. The lowest BCUT2D eigenvalue weighted by atomic mass is 10.3. The van der Waals surface area contributed by atoms with Crippen LogP contribution in [0.4, 0.5) is 5.69 Å². The molecular formula is C14H19N3O2S. The van der Waals surface area contributed by atoms with Crippen LogP contribution < -0.4 is 5.73 Å². The maximum absolute atomic E-state index is 12.1. The van der Waals surface area contributed by atoms with Gasteiger partial charge in [-0.15, -0.1) is 11.3 Å². The second-order valence-electron chi connectivity index (χ2n) is 4.46. The number of carbonyl (C=O) groups is 1. The number of carbonyl (C=O) groups excluding carboxylic acids is 1. The molecule has 0 aliphatic heterocycles. The number of ether oxygens (including phenoxy) is 1. The fraction of sp³-hybridized carbons (Fsp3) is 0.429. The molecule has 0 unspecified atom stereocenters. The minimum Gasteiger partial charge on any atom is -0.455 e. The maximum atomic E-state index is 12.1. The van der Waals surface area contributed by atoms with Crippen molar-refractivity contribution in [2.75, 3.05) is 5.73 Å². The van der Waals surface area contributed by atoms with E-state index < -0.39 is 5.97 Å². The number of esters is 1. The largest absolute Gasteiger partial charge is 0.455 e. The lowest BCUT2D eigenvalue weighted by molar-refractivity contribution is 0.0463. The van der Waals surface area contributed by atoms with Crippen LogP contribution >= 0.6 is 11.3 Å². The van der Waals surface area contributed by atoms with E-state index >= 15 is 0 Å². The van der Waals surface area contributed by atoms with E-state index in [1.165, 1.54) is 4.88 Å². The van der Waals surface area contributed by atoms with Crippen molar-refractivity contribution in [1.82, 2.24) is 9.78 Å². The molecule has 0 saturated heterocycles. The average molecular weight is 293 g/mol. The molecule has 20 heavy (non-hydrogen) atoms. The van der Waals surface area contributed by atoms with E-state index in [1.54, 1.807) is 22.9 Å². The third kappa shape index (κ3) is 2.85. The Morgan fingerprint density at radius 1 is 1.40 bits per heavy atom. The van der Waals surface area contributed by atoms with Crippen molar-refractivity contribution in [3.63, 3.8) is 0 Å². The summed E-state index contributed by atoms with van der Waals surface area (Å²) in [6.07, 6.45) is 0.993. The molecule has 6 heteroatoms. The highest BCUT2D eigenvalue weighted by Gasteiger charge is 2.20. The van der Waals surface area contributed by atoms with Gasteiger partial charge in [0.1, 0.15) is 6.61 Å². The lowest BCUT2D eigenvalue weighted by Crippen LogP contribution is -2.14. The van der Waals surface area contributed by atoms with Gasteiger partial charge in [0.25, 0.3) is 0 Å². The van der Waals surface area contributed by atoms with Crippen molar-refractivity contribution >= 4 is 23.0 Å². The average Bonchev–Trinajstić information content (AvgIpc) is 3.01. The third-order valence-corrected chi connectivity index (χ3v) is 4.28. The Bertz CT molecular complexity index is 616. The monoisotopic (exact) mass is 293 g/mol. The van der Waals surface area contributed by atoms with Crippen LogP contribution in [0.1, 0.15) is 39.8 Å². The molecule has 2 aromatic heterocycles. The molecule has 0 bridgehead atoms. The van der Waals surface area contributed by atoms with E-state index in [9.17, 15) is 4.79 Å². The van der Waals surface area contributed by atoms with Crippen LogP contribution in [0.5, 0.6) is 0 Å². The Morgan fingerprint density at radius 3 is 2.70 bits per heavy atom. The van der Waals surface area contributed by atoms with Crippen LogP contribution in [0.15, 0.2) is 12.1 Å². The van der Waals surface area contributed by atoms with Crippen molar-refractivity contribution in [3.8, 4) is 0 Å². The van der Waals surface area contributed by atoms with Crippen molar-refractivity contribution in [1.29, 1.82) is 0 Å². The minimum atomic E-state index is -0.420. The van der Waals surface area contributed by atoms with Gasteiger partial charge in [-0.1, -0.05) is 6.92 Å². The molecule has 2 N–H and O–H groups in total. The Balaban J connectivity index is 2.08. The number of hydrogen-bond acceptors (Lipinski definition) is 5. The van der Waals surface area contributed by atoms with E-state index in [1.807, 2.05) is 13.0 Å². The van der Waals surface area contributed by atoms with Crippen molar-refractivity contribution in [2.24, 2.45) is 0 Å². The molecule has 108 valence electrons. The molecule has 0 aliphatic rings. The molecular weight excluding hydrogens is 274 g/mol. The summed E-state index contributed by atoms with van der Waals surface area (Å²) in [6.45, 7) is 6.66. The summed E-state index contributed by atoms with van der Waals surface area (Å²) in [5.74, 6) is -0.420. The van der Waals surface area contributed by atoms with Gasteiger partial charge in [0.15, 0.2) is 5.69 Å². The first kappa shape index (κ1) is 14.6. The molecule has 2 rings (SSSR count). The number of anilines is 1. The Labute approximate surface area is 122 Å². The van der Waals surface area contributed by atoms with Gasteiger partial charge in [-0.2, -0.15) is 5.10 Å². The normalized spacial score (nSPS) is 10.8. The first-order valence-corrected chi connectivity index (χ1v) is 7.46. The summed E-state index contributed by atoms with van der Waals surface area (Å²) >= 11 is 1.66. The zero-order valence-electron chi connectivity index (χ0n) is 12.0. The van der Waals surface area contributed by atoms with Crippen LogP contribution in [0.2, 0.25) is 0 Å². The predicted molar refractivity (Wildman–Crippen MR) is 79.9 cm³/mol. The van der Waals surface area contributed by atoms with Crippen molar-refractivity contribution < 1.29 is 9.53 Å². The van der Waals surface area contributed by atoms with E-state index in [0.717, 1.165) is 11.3 Å². The Kier molecular flexibility index (Phi) is 4.44. The summed E-state index contributed by atoms with van der Waals surface area (Å²) in [7, 11) is 0. The first-order valence-electron chi connectivity index (χ1n) is 6.64. The first-order chi connectivity index (χ1) is 9.56. The summed E-state index contributed by atoms with van der Waals surface area (Å²) in [6, 6.07) is 4.05. The number of hydrogen-bond donors (Lipinski definition) is 1. The van der Waals surface area contributed by atoms with Crippen LogP contribution in [0, 0.1) is 6.92 Å². The zero-order valence-corrected chi connectivity index (χ0v) is 12.8. The quantitative estimate of drug-likeness (QED) is 0.861. The summed E-state index contributed by atoms with van der Waals surface area (Å²) < 4.78 is 6.92. The van der Waals surface area contributed by atoms with Gasteiger partial charge in [0.2, 0.25) is 0 Å². The molecule has 0 atom stereocenters. The van der Waals surface area contributed by atoms with Gasteiger partial charge in [0, 0.05) is 16.3 Å². The van der Waals surface area contributed by atoms with Crippen LogP contribution in [0.25, 0.3) is 0 Å². The fourth-order valence-electron chi connectivity index (χ4n) is 1.93. The second-order valence-corrected chi connectivity index (χ2v) is 5.71. The third-order valence-electron chi connectivity index (χ3n) is 3.08. The number of aromatic nitrogens is 2. The topological polar surface area (TPSA) is 70.1 Å². The highest BCUT2D eigenvalue weighted by atomic mass is 32.1. The van der Waals surface area contributed by atoms with Crippen molar-refractivity contribution in [3.05, 3.63) is 33.3 Å². The summed E-state index contributed by atoms with van der Waals surface area (Å²) in [5.41, 5.74) is 7.29. The Morgan fingerprint density at radius 2 is 2.10 bits per heavy atom. The van der Waals surface area contributed by atoms with Gasteiger partial charge in [-0.05, 0) is 32.4 Å². The van der Waals surface area contributed by atoms with E-state index in [4.69, 9.17) is 10.5 Å². The van der Waals surface area contributed by atoms with Gasteiger partial charge >= 0.3 is 5.97 Å². The van der Waals surface area contributed by atoms with E-state index in [-0.39, 0.29) is 6.61 Å². The predicted octanol–water partition coefficient (Wildman–Crippen LogP) is 2.77. The molecule has 0 saturated carbocycles. The number of rotatable bonds is 5. The molecule has 0 aliphatic carbocycles. The van der Waals surface area contributed by atoms with Crippen molar-refractivity contribution in [2.45, 2.75) is 40.3 Å². The highest BCUT2D eigenvalue weighted by Crippen LogP contribution is 2.21. The van der Waals surface area contributed by atoms with Crippen LogP contribution in [-0.4, -0.2) is 15.7 Å². The number of nitrogens with zero attached hydrogens (tertiary/aromatic N) is 2. The summed E-state index contributed by atoms with van der Waals surface area (Å²) in [5, 5.41) is 4.22. The second kappa shape index (κ2) is 6.09. The van der Waals surface area contributed by atoms with E-state index in [0.29, 0.717) is 23.6 Å². The zero-order chi connectivity index (χ0) is 14.7. The Hall–Kier alpha value is -1.82. The molecule has 0 radical (unpaired) electrons. The van der Waals surface area contributed by atoms with Gasteiger partial charge < -0.3 is 10.5 Å². The fourth-order valence-corrected chi connectivity index (χ4v) is 2.81. The lowest BCUT2D eigenvalue weighted by Gasteiger charge is -2.06. The molecule has 5 nitrogen and oxygen atoms in total. The molecule has 2 aromatic rings. The smallest absolute Gasteiger partial charge is 0.359 e. The number of thiophene rings is 1. The highest BCUT2D eigenvalue weighted by molar-refractivity contribution is 7.11. The van der Waals surface area contributed by atoms with Crippen LogP contribution in [-0.2, 0) is 24.3 Å². The van der Waals surface area contributed by atoms with Gasteiger partial charge in [0.05, 0.1) is 11.4 Å². The molecule has 2 heterocycles. The van der Waals surface area contributed by atoms with Crippen LogP contribution in [0.3, 0.4) is 0 Å². The molecule has 0 spiro atoms. The van der Waals surface area contributed by atoms with Gasteiger partial charge in [-0.25, -0.2) is 4.79 Å².